The maximum absolute atomic E-state index is 12.5. The topological polar surface area (TPSA) is 64.3 Å². The van der Waals surface area contributed by atoms with Crippen LogP contribution >= 0.6 is 24.0 Å². The quantitative estimate of drug-likeness (QED) is 0.861. The monoisotopic (exact) mass is 346 g/mol. The predicted octanol–water partition coefficient (Wildman–Crippen LogP) is 2.95. The van der Waals surface area contributed by atoms with Gasteiger partial charge in [-0.1, -0.05) is 25.4 Å². The fraction of sp³-hybridized carbons (Fsp3) is 0.562. The molecule has 1 aliphatic rings. The van der Waals surface area contributed by atoms with E-state index in [2.05, 4.69) is 5.32 Å². The maximum atomic E-state index is 12.5. The number of carbonyl (C=O) groups excluding carboxylic acids is 1. The van der Waals surface area contributed by atoms with Gasteiger partial charge in [0.05, 0.1) is 11.5 Å². The molecule has 1 aromatic carbocycles. The van der Waals surface area contributed by atoms with Crippen LogP contribution in [0.15, 0.2) is 18.2 Å². The Bertz CT molecular complexity index is 511. The van der Waals surface area contributed by atoms with Gasteiger partial charge in [-0.3, -0.25) is 4.79 Å². The first kappa shape index (κ1) is 19.1. The summed E-state index contributed by atoms with van der Waals surface area (Å²) in [5.41, 5.74) is 6.51. The molecular weight excluding hydrogens is 323 g/mol. The molecule has 0 radical (unpaired) electrons. The van der Waals surface area contributed by atoms with Gasteiger partial charge >= 0.3 is 0 Å². The van der Waals surface area contributed by atoms with Gasteiger partial charge in [-0.2, -0.15) is 0 Å². The molecule has 0 fully saturated rings. The summed E-state index contributed by atoms with van der Waals surface area (Å²) in [6.07, 6.45) is 2.29. The minimum atomic E-state index is -0.314. The van der Waals surface area contributed by atoms with E-state index in [9.17, 15) is 4.79 Å². The van der Waals surface area contributed by atoms with Crippen LogP contribution in [-0.2, 0) is 11.2 Å². The van der Waals surface area contributed by atoms with Crippen LogP contribution in [0.3, 0.4) is 0 Å². The molecule has 124 valence electrons. The van der Waals surface area contributed by atoms with Gasteiger partial charge in [-0.25, -0.2) is 0 Å². The Labute approximate surface area is 143 Å². The highest BCUT2D eigenvalue weighted by molar-refractivity contribution is 6.30. The molecule has 0 saturated carbocycles. The number of halogens is 2. The average molecular weight is 347 g/mol. The summed E-state index contributed by atoms with van der Waals surface area (Å²) in [4.78, 5) is 12.5. The molecule has 1 heterocycles. The molecule has 0 aliphatic carbocycles. The van der Waals surface area contributed by atoms with E-state index in [4.69, 9.17) is 22.1 Å². The number of ether oxygens (including phenoxy) is 1. The molecule has 1 aromatic rings. The van der Waals surface area contributed by atoms with E-state index >= 15 is 0 Å². The molecule has 3 N–H and O–H groups in total. The fourth-order valence-electron chi connectivity index (χ4n) is 2.66. The lowest BCUT2D eigenvalue weighted by molar-refractivity contribution is -0.128. The minimum absolute atomic E-state index is 0. The molecule has 4 nitrogen and oxygen atoms in total. The number of amides is 1. The molecule has 22 heavy (non-hydrogen) atoms. The highest BCUT2D eigenvalue weighted by Crippen LogP contribution is 2.30. The molecular formula is C16H24Cl2N2O2. The number of fused-ring (bicyclic) bond motifs is 1. The van der Waals surface area contributed by atoms with E-state index in [1.807, 2.05) is 26.0 Å². The predicted molar refractivity (Wildman–Crippen MR) is 91.9 cm³/mol. The van der Waals surface area contributed by atoms with Crippen molar-refractivity contribution < 1.29 is 9.53 Å². The fourth-order valence-corrected chi connectivity index (χ4v) is 2.86. The Balaban J connectivity index is 0.00000242. The highest BCUT2D eigenvalue weighted by Gasteiger charge is 2.32. The van der Waals surface area contributed by atoms with Crippen molar-refractivity contribution >= 4 is 29.9 Å². The third-order valence-electron chi connectivity index (χ3n) is 4.43. The van der Waals surface area contributed by atoms with Crippen molar-refractivity contribution in [2.24, 2.45) is 11.7 Å². The van der Waals surface area contributed by atoms with E-state index in [-0.39, 0.29) is 29.8 Å². The summed E-state index contributed by atoms with van der Waals surface area (Å²) in [6.45, 7) is 4.93. The first-order valence-corrected chi connectivity index (χ1v) is 7.84. The molecule has 0 saturated heterocycles. The number of hydrogen-bond donors (Lipinski definition) is 2. The lowest BCUT2D eigenvalue weighted by Crippen LogP contribution is -2.55. The second-order valence-electron chi connectivity index (χ2n) is 5.64. The first-order valence-electron chi connectivity index (χ1n) is 7.47. The Morgan fingerprint density at radius 3 is 2.73 bits per heavy atom. The normalized spacial score (nSPS) is 17.0. The Morgan fingerprint density at radius 1 is 1.45 bits per heavy atom. The average Bonchev–Trinajstić information content (AvgIpc) is 2.51. The lowest BCUT2D eigenvalue weighted by Gasteiger charge is -2.34. The molecule has 1 atom stereocenters. The summed E-state index contributed by atoms with van der Waals surface area (Å²) in [7, 11) is 0. The number of benzene rings is 1. The first-order chi connectivity index (χ1) is 10.0. The summed E-state index contributed by atoms with van der Waals surface area (Å²) in [5, 5.41) is 3.78. The zero-order valence-corrected chi connectivity index (χ0v) is 14.6. The van der Waals surface area contributed by atoms with Crippen molar-refractivity contribution in [3.63, 3.8) is 0 Å². The second-order valence-corrected chi connectivity index (χ2v) is 6.08. The van der Waals surface area contributed by atoms with Gasteiger partial charge in [0, 0.05) is 11.6 Å². The van der Waals surface area contributed by atoms with Gasteiger partial charge in [0.15, 0.2) is 0 Å². The standard InChI is InChI=1S/C16H23ClN2O2.ClH/c1-3-16(4-2,10-18)19-15(20)12-7-11-8-13(17)5-6-14(11)21-9-12;/h5-6,8,12H,3-4,7,9-10,18H2,1-2H3,(H,19,20);1H. The number of carbonyl (C=O) groups is 1. The summed E-state index contributed by atoms with van der Waals surface area (Å²) >= 11 is 6.01. The molecule has 0 bridgehead atoms. The summed E-state index contributed by atoms with van der Waals surface area (Å²) < 4.78 is 5.68. The van der Waals surface area contributed by atoms with Crippen LogP contribution in [0.2, 0.25) is 5.02 Å². The van der Waals surface area contributed by atoms with Gasteiger partial charge in [-0.15, -0.1) is 12.4 Å². The van der Waals surface area contributed by atoms with Crippen molar-refractivity contribution in [2.45, 2.75) is 38.6 Å². The largest absolute Gasteiger partial charge is 0.492 e. The third-order valence-corrected chi connectivity index (χ3v) is 4.67. The van der Waals surface area contributed by atoms with E-state index in [1.165, 1.54) is 0 Å². The van der Waals surface area contributed by atoms with Crippen LogP contribution in [0.4, 0.5) is 0 Å². The van der Waals surface area contributed by atoms with E-state index < -0.39 is 0 Å². The van der Waals surface area contributed by atoms with Crippen molar-refractivity contribution in [3.8, 4) is 5.75 Å². The third kappa shape index (κ3) is 4.06. The SMILES string of the molecule is CCC(CC)(CN)NC(=O)C1COc2ccc(Cl)cc2C1.Cl. The van der Waals surface area contributed by atoms with Crippen LogP contribution < -0.4 is 15.8 Å². The Morgan fingerprint density at radius 2 is 2.14 bits per heavy atom. The van der Waals surface area contributed by atoms with E-state index in [0.717, 1.165) is 24.2 Å². The van der Waals surface area contributed by atoms with Gasteiger partial charge in [0.1, 0.15) is 12.4 Å². The molecule has 0 aromatic heterocycles. The number of nitrogens with one attached hydrogen (secondary N) is 1. The molecule has 2 rings (SSSR count). The number of nitrogens with two attached hydrogens (primary N) is 1. The summed E-state index contributed by atoms with van der Waals surface area (Å²) in [5.74, 6) is 0.634. The van der Waals surface area contributed by atoms with E-state index in [1.54, 1.807) is 6.07 Å². The molecule has 1 aliphatic heterocycles. The highest BCUT2D eigenvalue weighted by atomic mass is 35.5. The van der Waals surface area contributed by atoms with Crippen molar-refractivity contribution in [1.29, 1.82) is 0 Å². The molecule has 1 amide bonds. The zero-order chi connectivity index (χ0) is 15.5. The molecule has 0 spiro atoms. The van der Waals surface area contributed by atoms with Crippen LogP contribution in [0, 0.1) is 5.92 Å². The lowest BCUT2D eigenvalue weighted by atomic mass is 9.90. The minimum Gasteiger partial charge on any atom is -0.492 e. The van der Waals surface area contributed by atoms with Crippen molar-refractivity contribution in [3.05, 3.63) is 28.8 Å². The van der Waals surface area contributed by atoms with Crippen LogP contribution in [0.25, 0.3) is 0 Å². The van der Waals surface area contributed by atoms with Gasteiger partial charge < -0.3 is 15.8 Å². The van der Waals surface area contributed by atoms with Crippen LogP contribution in [0.5, 0.6) is 5.75 Å². The smallest absolute Gasteiger partial charge is 0.227 e. The second kappa shape index (κ2) is 8.04. The van der Waals surface area contributed by atoms with Gasteiger partial charge in [0.25, 0.3) is 0 Å². The number of hydrogen-bond acceptors (Lipinski definition) is 3. The molecule has 6 heteroatoms. The van der Waals surface area contributed by atoms with Crippen LogP contribution in [0.1, 0.15) is 32.3 Å². The van der Waals surface area contributed by atoms with Gasteiger partial charge in [0.2, 0.25) is 5.91 Å². The molecule has 1 unspecified atom stereocenters. The Kier molecular flexibility index (Phi) is 6.98. The van der Waals surface area contributed by atoms with E-state index in [0.29, 0.717) is 24.6 Å². The summed E-state index contributed by atoms with van der Waals surface area (Å²) in [6, 6.07) is 5.52. The zero-order valence-electron chi connectivity index (χ0n) is 13.0. The number of rotatable bonds is 5. The van der Waals surface area contributed by atoms with Crippen molar-refractivity contribution in [2.75, 3.05) is 13.2 Å². The van der Waals surface area contributed by atoms with Crippen LogP contribution in [-0.4, -0.2) is 24.6 Å². The Hall–Kier alpha value is -0.970. The van der Waals surface area contributed by atoms with Crippen molar-refractivity contribution in [1.82, 2.24) is 5.32 Å². The van der Waals surface area contributed by atoms with Gasteiger partial charge in [-0.05, 0) is 43.0 Å². The maximum Gasteiger partial charge on any atom is 0.227 e.